The number of carbonyl (C=O) groups excluding carboxylic acids is 2. The molecule has 0 spiro atoms. The molecular weight excluding hydrogens is 526 g/mol. The molecule has 3 aromatic rings. The summed E-state index contributed by atoms with van der Waals surface area (Å²) in [6.07, 6.45) is -1.75. The SMILES string of the molecule is CC(C)(C)c1cc([C@@H](O)[C@H](C[Si](C)(C)c2ccccc2)C(=O)N2C(=O)OC[C@@H]2c2ccccc2)cc(C(C)(C)C)c1. The van der Waals surface area contributed by atoms with Crippen molar-refractivity contribution in [3.05, 3.63) is 101 Å². The number of imide groups is 1. The summed E-state index contributed by atoms with van der Waals surface area (Å²) in [5.74, 6) is -1.21. The third-order valence-corrected chi connectivity index (χ3v) is 11.7. The number of hydrogen-bond acceptors (Lipinski definition) is 4. The lowest BCUT2D eigenvalue weighted by Crippen LogP contribution is -2.48. The van der Waals surface area contributed by atoms with Gasteiger partial charge in [0, 0.05) is 0 Å². The minimum absolute atomic E-state index is 0.102. The Balaban J connectivity index is 1.82. The van der Waals surface area contributed by atoms with E-state index < -0.39 is 32.2 Å². The number of nitrogens with zero attached hydrogens (tertiary/aromatic N) is 1. The van der Waals surface area contributed by atoms with Crippen molar-refractivity contribution >= 4 is 25.3 Å². The van der Waals surface area contributed by atoms with Crippen LogP contribution in [0.4, 0.5) is 4.79 Å². The predicted octanol–water partition coefficient (Wildman–Crippen LogP) is 7.27. The number of aliphatic hydroxyl groups excluding tert-OH is 1. The minimum Gasteiger partial charge on any atom is -0.446 e. The molecule has 4 rings (SSSR count). The summed E-state index contributed by atoms with van der Waals surface area (Å²) in [7, 11) is -2.24. The highest BCUT2D eigenvalue weighted by Gasteiger charge is 2.46. The van der Waals surface area contributed by atoms with Crippen LogP contribution in [0.3, 0.4) is 0 Å². The van der Waals surface area contributed by atoms with Crippen LogP contribution in [0.1, 0.15) is 75.9 Å². The van der Waals surface area contributed by atoms with E-state index in [9.17, 15) is 14.7 Å². The highest BCUT2D eigenvalue weighted by atomic mass is 28.3. The van der Waals surface area contributed by atoms with Gasteiger partial charge in [-0.15, -0.1) is 0 Å². The van der Waals surface area contributed by atoms with E-state index in [0.29, 0.717) is 11.6 Å². The smallest absolute Gasteiger partial charge is 0.417 e. The lowest BCUT2D eigenvalue weighted by Gasteiger charge is -2.34. The monoisotopic (exact) mass is 571 g/mol. The maximum atomic E-state index is 14.5. The van der Waals surface area contributed by atoms with E-state index in [1.54, 1.807) is 0 Å². The molecule has 0 aromatic heterocycles. The van der Waals surface area contributed by atoms with Crippen molar-refractivity contribution in [2.75, 3.05) is 6.61 Å². The van der Waals surface area contributed by atoms with Crippen molar-refractivity contribution in [2.24, 2.45) is 5.92 Å². The van der Waals surface area contributed by atoms with Crippen LogP contribution in [0.5, 0.6) is 0 Å². The summed E-state index contributed by atoms with van der Waals surface area (Å²) >= 11 is 0. The van der Waals surface area contributed by atoms with Crippen LogP contribution in [0.2, 0.25) is 19.1 Å². The first-order chi connectivity index (χ1) is 19.1. The molecule has 218 valence electrons. The van der Waals surface area contributed by atoms with Gasteiger partial charge in [-0.1, -0.05) is 139 Å². The molecule has 0 aliphatic carbocycles. The third kappa shape index (κ3) is 6.82. The summed E-state index contributed by atoms with van der Waals surface area (Å²) in [6, 6.07) is 26.0. The Morgan fingerprint density at radius 3 is 1.93 bits per heavy atom. The van der Waals surface area contributed by atoms with E-state index in [1.165, 1.54) is 10.1 Å². The second-order valence-corrected chi connectivity index (χ2v) is 18.8. The van der Waals surface area contributed by atoms with Crippen molar-refractivity contribution in [3.63, 3.8) is 0 Å². The molecule has 0 radical (unpaired) electrons. The van der Waals surface area contributed by atoms with Gasteiger partial charge >= 0.3 is 6.09 Å². The quantitative estimate of drug-likeness (QED) is 0.303. The van der Waals surface area contributed by atoms with Gasteiger partial charge in [-0.05, 0) is 39.1 Å². The molecule has 41 heavy (non-hydrogen) atoms. The Kier molecular flexibility index (Phi) is 8.67. The molecule has 6 heteroatoms. The number of carbonyl (C=O) groups is 2. The molecule has 1 N–H and O–H groups in total. The van der Waals surface area contributed by atoms with Gasteiger partial charge in [0.1, 0.15) is 12.6 Å². The first kappa shape index (κ1) is 30.7. The Morgan fingerprint density at radius 2 is 1.41 bits per heavy atom. The van der Waals surface area contributed by atoms with E-state index in [-0.39, 0.29) is 23.3 Å². The molecule has 3 aromatic carbocycles. The Bertz CT molecular complexity index is 1340. The van der Waals surface area contributed by atoms with E-state index in [2.05, 4.69) is 72.8 Å². The fourth-order valence-electron chi connectivity index (χ4n) is 5.58. The molecule has 2 amide bonds. The highest BCUT2D eigenvalue weighted by Crippen LogP contribution is 2.39. The third-order valence-electron chi connectivity index (χ3n) is 8.31. The largest absolute Gasteiger partial charge is 0.446 e. The molecule has 5 nitrogen and oxygen atoms in total. The molecule has 1 saturated heterocycles. The van der Waals surface area contributed by atoms with Crippen LogP contribution >= 0.6 is 0 Å². The standard InChI is InChI=1S/C35H45NO4Si/c1-34(2,3)26-19-25(20-27(21-26)35(4,5)6)31(37)29(23-41(7,8)28-17-13-10-14-18-28)32(38)36-30(22-40-33(36)39)24-15-11-9-12-16-24/h9-21,29-31,37H,22-23H2,1-8H3/t29-,30+,31+/m0/s1. The molecule has 0 saturated carbocycles. The van der Waals surface area contributed by atoms with Gasteiger partial charge in [-0.2, -0.15) is 0 Å². The Labute approximate surface area is 246 Å². The maximum Gasteiger partial charge on any atom is 0.417 e. The molecule has 1 aliphatic heterocycles. The summed E-state index contributed by atoms with van der Waals surface area (Å²) in [6.45, 7) is 17.5. The van der Waals surface area contributed by atoms with Crippen LogP contribution in [0.25, 0.3) is 0 Å². The number of hydrogen-bond donors (Lipinski definition) is 1. The van der Waals surface area contributed by atoms with Crippen molar-refractivity contribution in [3.8, 4) is 0 Å². The number of ether oxygens (including phenoxy) is 1. The summed E-state index contributed by atoms with van der Waals surface area (Å²) < 4.78 is 5.43. The molecule has 0 unspecified atom stereocenters. The fourth-order valence-corrected chi connectivity index (χ4v) is 8.40. The second kappa shape index (κ2) is 11.6. The second-order valence-electron chi connectivity index (χ2n) is 14.1. The highest BCUT2D eigenvalue weighted by molar-refractivity contribution is 6.90. The first-order valence-electron chi connectivity index (χ1n) is 14.5. The zero-order valence-corrected chi connectivity index (χ0v) is 26.8. The molecule has 1 heterocycles. The molecule has 0 bridgehead atoms. The number of rotatable bonds is 7. The van der Waals surface area contributed by atoms with Crippen molar-refractivity contribution in [1.82, 2.24) is 4.90 Å². The molecule has 1 aliphatic rings. The van der Waals surface area contributed by atoms with Crippen molar-refractivity contribution in [1.29, 1.82) is 0 Å². The van der Waals surface area contributed by atoms with Gasteiger partial charge < -0.3 is 9.84 Å². The molecule has 1 fully saturated rings. The maximum absolute atomic E-state index is 14.5. The molecular formula is C35H45NO4Si. The van der Waals surface area contributed by atoms with Gasteiger partial charge in [0.2, 0.25) is 5.91 Å². The Morgan fingerprint density at radius 1 is 0.902 bits per heavy atom. The predicted molar refractivity (Wildman–Crippen MR) is 168 cm³/mol. The summed E-state index contributed by atoms with van der Waals surface area (Å²) in [4.78, 5) is 28.8. The van der Waals surface area contributed by atoms with Gasteiger partial charge in [-0.3, -0.25) is 4.79 Å². The van der Waals surface area contributed by atoms with Crippen LogP contribution in [-0.2, 0) is 20.4 Å². The first-order valence-corrected chi connectivity index (χ1v) is 17.7. The van der Waals surface area contributed by atoms with E-state index in [1.807, 2.05) is 60.7 Å². The van der Waals surface area contributed by atoms with Crippen LogP contribution in [0, 0.1) is 5.92 Å². The van der Waals surface area contributed by atoms with Crippen molar-refractivity contribution < 1.29 is 19.4 Å². The average Bonchev–Trinajstić information content (AvgIpc) is 3.32. The van der Waals surface area contributed by atoms with Crippen LogP contribution in [-0.4, -0.2) is 36.7 Å². The lowest BCUT2D eigenvalue weighted by atomic mass is 9.78. The van der Waals surface area contributed by atoms with Crippen LogP contribution in [0.15, 0.2) is 78.9 Å². The number of aliphatic hydroxyl groups is 1. The fraction of sp³-hybridized carbons (Fsp3) is 0.429. The lowest BCUT2D eigenvalue weighted by molar-refractivity contribution is -0.136. The summed E-state index contributed by atoms with van der Waals surface area (Å²) in [5, 5.41) is 13.4. The number of cyclic esters (lactones) is 1. The van der Waals surface area contributed by atoms with E-state index in [0.717, 1.165) is 16.7 Å². The average molecular weight is 572 g/mol. The zero-order chi connectivity index (χ0) is 30.2. The van der Waals surface area contributed by atoms with Crippen LogP contribution < -0.4 is 5.19 Å². The normalized spacial score (nSPS) is 17.7. The minimum atomic E-state index is -2.24. The number of amides is 2. The zero-order valence-electron chi connectivity index (χ0n) is 25.8. The topological polar surface area (TPSA) is 66.8 Å². The van der Waals surface area contributed by atoms with E-state index in [4.69, 9.17) is 4.74 Å². The van der Waals surface area contributed by atoms with Gasteiger partial charge in [-0.25, -0.2) is 9.69 Å². The molecule has 3 atom stereocenters. The van der Waals surface area contributed by atoms with E-state index >= 15 is 0 Å². The summed E-state index contributed by atoms with van der Waals surface area (Å²) in [5.41, 5.74) is 3.46. The van der Waals surface area contributed by atoms with Gasteiger partial charge in [0.25, 0.3) is 0 Å². The van der Waals surface area contributed by atoms with Gasteiger partial charge in [0.05, 0.1) is 20.1 Å². The number of benzene rings is 3. The van der Waals surface area contributed by atoms with Crippen molar-refractivity contribution in [2.45, 2.75) is 83.7 Å². The Hall–Kier alpha value is -3.22. The van der Waals surface area contributed by atoms with Gasteiger partial charge in [0.15, 0.2) is 0 Å².